The average molecular weight is 899 g/mol. The van der Waals surface area contributed by atoms with E-state index in [1.807, 2.05) is 0 Å². The summed E-state index contributed by atoms with van der Waals surface area (Å²) in [6.45, 7) is 7.70. The lowest BCUT2D eigenvalue weighted by molar-refractivity contribution is -0.384. The Bertz CT molecular complexity index is 2440. The minimum absolute atomic E-state index is 0.0322. The topological polar surface area (TPSA) is 264 Å². The van der Waals surface area contributed by atoms with Gasteiger partial charge in [-0.15, -0.1) is 0 Å². The third-order valence-electron chi connectivity index (χ3n) is 13.8. The average Bonchev–Trinajstić information content (AvgIpc) is 3.26. The fraction of sp³-hybridized carbons (Fsp3) is 0.447. The zero-order chi connectivity index (χ0) is 47.4. The van der Waals surface area contributed by atoms with E-state index < -0.39 is 118 Å². The van der Waals surface area contributed by atoms with Crippen LogP contribution in [0.5, 0.6) is 0 Å². The van der Waals surface area contributed by atoms with Crippen LogP contribution >= 0.6 is 0 Å². The van der Waals surface area contributed by atoms with E-state index >= 15 is 4.79 Å². The van der Waals surface area contributed by atoms with Gasteiger partial charge in [-0.1, -0.05) is 62.4 Å². The second kappa shape index (κ2) is 17.2. The Balaban J connectivity index is 1.38. The zero-order valence-electron chi connectivity index (χ0n) is 36.4. The number of hydrogen-bond acceptors (Lipinski definition) is 16. The lowest BCUT2D eigenvalue weighted by Gasteiger charge is -2.67. The van der Waals surface area contributed by atoms with Crippen molar-refractivity contribution < 1.29 is 72.7 Å². The van der Waals surface area contributed by atoms with Crippen molar-refractivity contribution in [1.82, 2.24) is 5.32 Å². The number of rotatable bonds is 11. The first-order valence-corrected chi connectivity index (χ1v) is 21.0. The number of Topliss-reactive ketones (excluding diaryl/α,β-unsaturated/α-hetero) is 1. The molecule has 344 valence electrons. The van der Waals surface area contributed by atoms with E-state index in [0.717, 1.165) is 26.0 Å². The van der Waals surface area contributed by atoms with E-state index in [-0.39, 0.29) is 46.6 Å². The summed E-state index contributed by atoms with van der Waals surface area (Å²) in [5.41, 5.74) is -8.12. The van der Waals surface area contributed by atoms with Gasteiger partial charge in [0.05, 0.1) is 40.6 Å². The van der Waals surface area contributed by atoms with Crippen LogP contribution in [0.4, 0.5) is 5.69 Å². The summed E-state index contributed by atoms with van der Waals surface area (Å²) in [4.78, 5) is 94.5. The van der Waals surface area contributed by atoms with Gasteiger partial charge in [-0.2, -0.15) is 0 Å². The monoisotopic (exact) mass is 898 g/mol. The van der Waals surface area contributed by atoms with E-state index in [4.69, 9.17) is 23.7 Å². The summed E-state index contributed by atoms with van der Waals surface area (Å²) in [6, 6.07) is 18.7. The third-order valence-corrected chi connectivity index (χ3v) is 13.8. The van der Waals surface area contributed by atoms with Crippen LogP contribution in [0.3, 0.4) is 0 Å². The van der Waals surface area contributed by atoms with E-state index in [1.165, 1.54) is 64.1 Å². The summed E-state index contributed by atoms with van der Waals surface area (Å²) >= 11 is 0. The normalized spacial score (nSPS) is 30.9. The number of nitro groups is 1. The van der Waals surface area contributed by atoms with Crippen LogP contribution in [-0.2, 0) is 42.9 Å². The fourth-order valence-corrected chi connectivity index (χ4v) is 10.3. The van der Waals surface area contributed by atoms with Crippen molar-refractivity contribution >= 4 is 41.3 Å². The Morgan fingerprint density at radius 2 is 1.48 bits per heavy atom. The summed E-state index contributed by atoms with van der Waals surface area (Å²) in [5, 5.41) is 51.7. The molecule has 2 unspecified atom stereocenters. The predicted molar refractivity (Wildman–Crippen MR) is 224 cm³/mol. The fourth-order valence-electron chi connectivity index (χ4n) is 10.3. The number of hydrogen-bond donors (Lipinski definition) is 4. The molecule has 1 amide bonds. The standard InChI is InChI=1S/C47H50N2O16/c1-24-31(63-43(57)36(53)35(27-17-19-30(20-18-27)49(59)60)48-41(55)28-13-9-7-10-14-28)22-47(58)40(64-42(56)29-15-11-8-12-16-29)38-45(6,32(52)21-33-46(38,23-61-33)65-26(3)51)39(54)37(62-25(2)50)34(24)44(47,4)5/h7-20,31-33,35-38,40,52-53,58H,21-23H2,1-6H3,(H,48,55)/t31-,32-,33+,35-,36+,37+,38?,40?,45+,46-,47+/m0/s1. The smallest absolute Gasteiger partial charge is 0.338 e. The molecule has 3 aliphatic carbocycles. The Kier molecular flexibility index (Phi) is 12.4. The number of carbonyl (C=O) groups excluding carboxylic acids is 6. The van der Waals surface area contributed by atoms with Gasteiger partial charge in [0.15, 0.2) is 23.6 Å². The van der Waals surface area contributed by atoms with Crippen molar-refractivity contribution in [3.63, 3.8) is 0 Å². The van der Waals surface area contributed by atoms with Gasteiger partial charge in [0, 0.05) is 49.8 Å². The largest absolute Gasteiger partial charge is 0.456 e. The van der Waals surface area contributed by atoms with Crippen molar-refractivity contribution in [2.75, 3.05) is 6.61 Å². The van der Waals surface area contributed by atoms with Gasteiger partial charge in [-0.05, 0) is 54.8 Å². The molecule has 2 bridgehead atoms. The van der Waals surface area contributed by atoms with Crippen LogP contribution in [0, 0.1) is 26.9 Å². The Labute approximate surface area is 373 Å². The van der Waals surface area contributed by atoms with Gasteiger partial charge >= 0.3 is 23.9 Å². The van der Waals surface area contributed by atoms with Crippen molar-refractivity contribution in [2.45, 2.75) is 108 Å². The Morgan fingerprint density at radius 3 is 2.02 bits per heavy atom. The number of non-ortho nitro benzene ring substituents is 1. The molecule has 7 rings (SSSR count). The summed E-state index contributed by atoms with van der Waals surface area (Å²) in [6.07, 6.45) is -11.1. The number of fused-ring (bicyclic) bond motifs is 5. The summed E-state index contributed by atoms with van der Waals surface area (Å²) in [5.74, 6) is -7.32. The first kappa shape index (κ1) is 46.6. The maximum atomic E-state index is 15.5. The maximum absolute atomic E-state index is 15.5. The zero-order valence-corrected chi connectivity index (χ0v) is 36.4. The minimum Gasteiger partial charge on any atom is -0.456 e. The Hall–Kier alpha value is -6.34. The number of aliphatic hydroxyl groups is 3. The molecule has 1 heterocycles. The number of ether oxygens (including phenoxy) is 5. The number of amides is 1. The molecule has 3 aromatic carbocycles. The van der Waals surface area contributed by atoms with Crippen LogP contribution in [-0.4, -0.2) is 110 Å². The highest BCUT2D eigenvalue weighted by atomic mass is 16.6. The van der Waals surface area contributed by atoms with Gasteiger partial charge in [0.2, 0.25) is 0 Å². The second-order valence-corrected chi connectivity index (χ2v) is 17.8. The summed E-state index contributed by atoms with van der Waals surface area (Å²) in [7, 11) is 0. The first-order chi connectivity index (χ1) is 30.6. The molecule has 18 nitrogen and oxygen atoms in total. The molecular formula is C47H50N2O16. The van der Waals surface area contributed by atoms with E-state index in [9.17, 15) is 49.4 Å². The first-order valence-electron chi connectivity index (χ1n) is 21.0. The predicted octanol–water partition coefficient (Wildman–Crippen LogP) is 3.64. The molecule has 65 heavy (non-hydrogen) atoms. The van der Waals surface area contributed by atoms with Crippen molar-refractivity contribution in [3.8, 4) is 0 Å². The number of nitrogens with zero attached hydrogens (tertiary/aromatic N) is 1. The molecule has 0 aromatic heterocycles. The number of carbonyl (C=O) groups is 6. The van der Waals surface area contributed by atoms with E-state index in [0.29, 0.717) is 0 Å². The number of ketones is 1. The number of nitrogens with one attached hydrogen (secondary N) is 1. The van der Waals surface area contributed by atoms with Crippen LogP contribution in [0.1, 0.15) is 86.7 Å². The second-order valence-electron chi connectivity index (χ2n) is 17.8. The highest BCUT2D eigenvalue weighted by Crippen LogP contribution is 2.64. The van der Waals surface area contributed by atoms with Crippen LogP contribution in [0.15, 0.2) is 96.1 Å². The molecule has 3 fully saturated rings. The molecular weight excluding hydrogens is 849 g/mol. The van der Waals surface area contributed by atoms with Crippen molar-refractivity contribution in [1.29, 1.82) is 0 Å². The molecule has 4 N–H and O–H groups in total. The van der Waals surface area contributed by atoms with E-state index in [2.05, 4.69) is 5.32 Å². The molecule has 11 atom stereocenters. The van der Waals surface area contributed by atoms with Crippen molar-refractivity contribution in [3.05, 3.63) is 123 Å². The van der Waals surface area contributed by atoms with Gasteiger partial charge in [0.1, 0.15) is 23.9 Å². The number of benzene rings is 3. The molecule has 3 aromatic rings. The molecule has 2 saturated carbocycles. The van der Waals surface area contributed by atoms with Crippen molar-refractivity contribution in [2.24, 2.45) is 16.7 Å². The maximum Gasteiger partial charge on any atom is 0.338 e. The number of nitro benzene ring substituents is 1. The summed E-state index contributed by atoms with van der Waals surface area (Å²) < 4.78 is 30.2. The molecule has 4 aliphatic rings. The molecule has 0 radical (unpaired) electrons. The number of esters is 4. The van der Waals surface area contributed by atoms with Gasteiger partial charge in [-0.25, -0.2) is 9.59 Å². The van der Waals surface area contributed by atoms with E-state index in [1.54, 1.807) is 36.4 Å². The van der Waals surface area contributed by atoms with Gasteiger partial charge in [-0.3, -0.25) is 29.3 Å². The molecule has 18 heteroatoms. The quantitative estimate of drug-likeness (QED) is 0.0704. The minimum atomic E-state index is -2.46. The van der Waals surface area contributed by atoms with Gasteiger partial charge < -0.3 is 44.3 Å². The highest BCUT2D eigenvalue weighted by Gasteiger charge is 2.78. The van der Waals surface area contributed by atoms with Crippen LogP contribution in [0.25, 0.3) is 0 Å². The van der Waals surface area contributed by atoms with Crippen LogP contribution < -0.4 is 5.32 Å². The third kappa shape index (κ3) is 7.87. The molecule has 0 spiro atoms. The number of aliphatic hydroxyl groups excluding tert-OH is 2. The molecule has 1 aliphatic heterocycles. The SMILES string of the molecule is CC(=O)O[C@H]1C(=O)[C@@]2(C)C(C(OC(=O)c3ccccc3)[C@]3(O)C[C@H](OC(=O)[C@H](O)[C@@H](NC(=O)c4ccccc4)c4ccc([N+](=O)[O-])cc4)C(C)=C1C3(C)C)[C@]1(OC(C)=O)CO[C@@H]1C[C@@H]2O. The Morgan fingerprint density at radius 1 is 0.877 bits per heavy atom. The molecule has 1 saturated heterocycles. The van der Waals surface area contributed by atoms with Crippen LogP contribution in [0.2, 0.25) is 0 Å². The highest BCUT2D eigenvalue weighted by molar-refractivity contribution is 5.96. The lowest BCUT2D eigenvalue weighted by Crippen LogP contribution is -2.82. The van der Waals surface area contributed by atoms with Gasteiger partial charge in [0.25, 0.3) is 11.6 Å². The lowest BCUT2D eigenvalue weighted by atomic mass is 9.44.